The third-order valence-electron chi connectivity index (χ3n) is 1.96. The van der Waals surface area contributed by atoms with E-state index in [2.05, 4.69) is 9.68 Å². The van der Waals surface area contributed by atoms with Crippen LogP contribution >= 0.6 is 0 Å². The van der Waals surface area contributed by atoms with Crippen LogP contribution in [0.25, 0.3) is 0 Å². The molecule has 0 fully saturated rings. The van der Waals surface area contributed by atoms with Crippen LogP contribution in [-0.4, -0.2) is 5.16 Å². The van der Waals surface area contributed by atoms with E-state index < -0.39 is 5.82 Å². The number of ether oxygens (including phenoxy) is 1. The molecule has 4 nitrogen and oxygen atoms in total. The minimum Gasteiger partial charge on any atom is -0.487 e. The molecule has 1 heterocycles. The summed E-state index contributed by atoms with van der Waals surface area (Å²) in [6.45, 7) is 0.182. The van der Waals surface area contributed by atoms with E-state index in [0.29, 0.717) is 5.56 Å². The zero-order valence-corrected chi connectivity index (χ0v) is 8.18. The smallest absolute Gasteiger partial charge is 0.144 e. The second kappa shape index (κ2) is 4.45. The molecule has 2 aromatic rings. The maximum absolute atomic E-state index is 13.2. The highest BCUT2D eigenvalue weighted by atomic mass is 19.1. The zero-order chi connectivity index (χ0) is 11.4. The van der Waals surface area contributed by atoms with Gasteiger partial charge in [0.1, 0.15) is 36.1 Å². The van der Waals surface area contributed by atoms with Crippen LogP contribution in [0.3, 0.4) is 0 Å². The number of halogens is 1. The molecular weight excluding hydrogens is 211 g/mol. The van der Waals surface area contributed by atoms with Crippen LogP contribution < -0.4 is 4.74 Å². The fourth-order valence-electron chi connectivity index (χ4n) is 1.19. The monoisotopic (exact) mass is 218 g/mol. The molecule has 0 aliphatic carbocycles. The Hall–Kier alpha value is -2.35. The Kier molecular flexibility index (Phi) is 2.83. The van der Waals surface area contributed by atoms with Crippen LogP contribution in [0.5, 0.6) is 5.75 Å². The molecule has 0 amide bonds. The van der Waals surface area contributed by atoms with Crippen molar-refractivity contribution in [2.45, 2.75) is 6.61 Å². The van der Waals surface area contributed by atoms with Gasteiger partial charge in [0, 0.05) is 5.56 Å². The average molecular weight is 218 g/mol. The second-order valence-electron chi connectivity index (χ2n) is 3.05. The molecule has 80 valence electrons. The first kappa shape index (κ1) is 10.2. The van der Waals surface area contributed by atoms with Crippen molar-refractivity contribution in [3.8, 4) is 11.8 Å². The quantitative estimate of drug-likeness (QED) is 0.792. The standard InChI is InChI=1S/C11H7FN2O2/c12-10-2-1-3-11(9(10)4-13)15-6-8-5-14-16-7-8/h1-3,5,7H,6H2. The summed E-state index contributed by atoms with van der Waals surface area (Å²) in [5.41, 5.74) is 0.618. The summed E-state index contributed by atoms with van der Waals surface area (Å²) in [6.07, 6.45) is 2.91. The minimum atomic E-state index is -0.592. The van der Waals surface area contributed by atoms with E-state index in [1.807, 2.05) is 0 Å². The normalized spacial score (nSPS) is 9.75. The first-order valence-electron chi connectivity index (χ1n) is 4.51. The summed E-state index contributed by atoms with van der Waals surface area (Å²) in [5.74, 6) is -0.381. The molecule has 0 atom stereocenters. The van der Waals surface area contributed by atoms with Crippen molar-refractivity contribution in [2.24, 2.45) is 0 Å². The van der Waals surface area contributed by atoms with Gasteiger partial charge >= 0.3 is 0 Å². The maximum atomic E-state index is 13.2. The summed E-state index contributed by atoms with van der Waals surface area (Å²) >= 11 is 0. The number of benzene rings is 1. The molecule has 0 unspecified atom stereocenters. The van der Waals surface area contributed by atoms with E-state index in [4.69, 9.17) is 10.00 Å². The minimum absolute atomic E-state index is 0.0982. The van der Waals surface area contributed by atoms with Crippen molar-refractivity contribution in [2.75, 3.05) is 0 Å². The molecule has 0 aliphatic heterocycles. The van der Waals surface area contributed by atoms with Crippen molar-refractivity contribution >= 4 is 0 Å². The SMILES string of the molecule is N#Cc1c(F)cccc1OCc1cnoc1. The van der Waals surface area contributed by atoms with Crippen molar-refractivity contribution in [1.82, 2.24) is 5.16 Å². The molecule has 5 heteroatoms. The van der Waals surface area contributed by atoms with Gasteiger partial charge in [0.05, 0.1) is 6.20 Å². The highest BCUT2D eigenvalue weighted by molar-refractivity contribution is 5.43. The number of rotatable bonds is 3. The summed E-state index contributed by atoms with van der Waals surface area (Å²) in [6, 6.07) is 5.99. The van der Waals surface area contributed by atoms with Gasteiger partial charge < -0.3 is 9.26 Å². The van der Waals surface area contributed by atoms with Gasteiger partial charge in [-0.15, -0.1) is 0 Å². The molecule has 0 bridgehead atoms. The zero-order valence-electron chi connectivity index (χ0n) is 8.18. The van der Waals surface area contributed by atoms with Crippen molar-refractivity contribution in [1.29, 1.82) is 5.26 Å². The number of hydrogen-bond donors (Lipinski definition) is 0. The van der Waals surface area contributed by atoms with E-state index in [-0.39, 0.29) is 17.9 Å². The van der Waals surface area contributed by atoms with Crippen LogP contribution in [-0.2, 0) is 6.61 Å². The lowest BCUT2D eigenvalue weighted by atomic mass is 10.2. The predicted octanol–water partition coefficient (Wildman–Crippen LogP) is 2.26. The van der Waals surface area contributed by atoms with Gasteiger partial charge in [-0.05, 0) is 12.1 Å². The van der Waals surface area contributed by atoms with Gasteiger partial charge in [0.25, 0.3) is 0 Å². The van der Waals surface area contributed by atoms with E-state index in [9.17, 15) is 4.39 Å². The van der Waals surface area contributed by atoms with Gasteiger partial charge in [-0.25, -0.2) is 4.39 Å². The lowest BCUT2D eigenvalue weighted by Gasteiger charge is -2.06. The molecular formula is C11H7FN2O2. The third-order valence-corrected chi connectivity index (χ3v) is 1.96. The van der Waals surface area contributed by atoms with Gasteiger partial charge in [0.2, 0.25) is 0 Å². The van der Waals surface area contributed by atoms with Crippen LogP contribution in [0, 0.1) is 17.1 Å². The fraction of sp³-hybridized carbons (Fsp3) is 0.0909. The lowest BCUT2D eigenvalue weighted by molar-refractivity contribution is 0.301. The van der Waals surface area contributed by atoms with E-state index >= 15 is 0 Å². The largest absolute Gasteiger partial charge is 0.487 e. The van der Waals surface area contributed by atoms with Gasteiger partial charge in [-0.3, -0.25) is 0 Å². The molecule has 0 saturated carbocycles. The van der Waals surface area contributed by atoms with Gasteiger partial charge in [0.15, 0.2) is 0 Å². The first-order chi connectivity index (χ1) is 7.81. The summed E-state index contributed by atoms with van der Waals surface area (Å²) in [4.78, 5) is 0. The van der Waals surface area contributed by atoms with Crippen LogP contribution in [0.2, 0.25) is 0 Å². The van der Waals surface area contributed by atoms with Crippen molar-refractivity contribution in [3.63, 3.8) is 0 Å². The Labute approximate surface area is 90.9 Å². The summed E-state index contributed by atoms with van der Waals surface area (Å²) in [5, 5.41) is 12.3. The Bertz CT molecular complexity index is 517. The molecule has 2 rings (SSSR count). The molecule has 0 aliphatic rings. The Morgan fingerprint density at radius 3 is 3.06 bits per heavy atom. The van der Waals surface area contributed by atoms with Crippen LogP contribution in [0.1, 0.15) is 11.1 Å². The molecule has 16 heavy (non-hydrogen) atoms. The number of nitrogens with zero attached hydrogens (tertiary/aromatic N) is 2. The Balaban J connectivity index is 2.16. The third kappa shape index (κ3) is 2.01. The highest BCUT2D eigenvalue weighted by Gasteiger charge is 2.09. The van der Waals surface area contributed by atoms with Crippen molar-refractivity contribution < 1.29 is 13.7 Å². The number of nitriles is 1. The average Bonchev–Trinajstić information content (AvgIpc) is 2.79. The summed E-state index contributed by atoms with van der Waals surface area (Å²) in [7, 11) is 0. The van der Waals surface area contributed by atoms with E-state index in [0.717, 1.165) is 0 Å². The maximum Gasteiger partial charge on any atom is 0.144 e. The first-order valence-corrected chi connectivity index (χ1v) is 4.51. The van der Waals surface area contributed by atoms with E-state index in [1.54, 1.807) is 6.07 Å². The lowest BCUT2D eigenvalue weighted by Crippen LogP contribution is -1.97. The highest BCUT2D eigenvalue weighted by Crippen LogP contribution is 2.21. The number of hydrogen-bond acceptors (Lipinski definition) is 4. The van der Waals surface area contributed by atoms with Crippen LogP contribution in [0.15, 0.2) is 35.2 Å². The van der Waals surface area contributed by atoms with Crippen molar-refractivity contribution in [3.05, 3.63) is 47.6 Å². The molecule has 1 aromatic carbocycles. The number of aromatic nitrogens is 1. The van der Waals surface area contributed by atoms with Crippen LogP contribution in [0.4, 0.5) is 4.39 Å². The molecule has 0 spiro atoms. The Morgan fingerprint density at radius 1 is 1.50 bits per heavy atom. The van der Waals surface area contributed by atoms with Gasteiger partial charge in [-0.2, -0.15) is 5.26 Å². The Morgan fingerprint density at radius 2 is 2.38 bits per heavy atom. The predicted molar refractivity (Wildman–Crippen MR) is 52.0 cm³/mol. The second-order valence-corrected chi connectivity index (χ2v) is 3.05. The van der Waals surface area contributed by atoms with E-state index in [1.165, 1.54) is 30.7 Å². The fourth-order valence-corrected chi connectivity index (χ4v) is 1.19. The topological polar surface area (TPSA) is 59.0 Å². The molecule has 0 radical (unpaired) electrons. The summed E-state index contributed by atoms with van der Waals surface area (Å²) < 4.78 is 23.1. The molecule has 1 aromatic heterocycles. The molecule has 0 N–H and O–H groups in total. The van der Waals surface area contributed by atoms with Gasteiger partial charge in [-0.1, -0.05) is 11.2 Å². The molecule has 0 saturated heterocycles.